The van der Waals surface area contributed by atoms with E-state index < -0.39 is 0 Å². The number of benzene rings is 1. The summed E-state index contributed by atoms with van der Waals surface area (Å²) in [7, 11) is 1.65. The van der Waals surface area contributed by atoms with E-state index >= 15 is 0 Å². The Labute approximate surface area is 155 Å². The van der Waals surface area contributed by atoms with Crippen LogP contribution in [0, 0.1) is 5.92 Å². The number of amides is 1. The van der Waals surface area contributed by atoms with Crippen molar-refractivity contribution in [3.8, 4) is 0 Å². The number of hydrogen-bond acceptors (Lipinski definition) is 5. The number of anilines is 1. The van der Waals surface area contributed by atoms with Crippen LogP contribution in [0.4, 0.5) is 5.69 Å². The number of nitrogens with zero attached hydrogens (tertiary/aromatic N) is 2. The van der Waals surface area contributed by atoms with Crippen molar-refractivity contribution in [2.24, 2.45) is 5.92 Å². The Morgan fingerprint density at radius 1 is 1.31 bits per heavy atom. The van der Waals surface area contributed by atoms with Gasteiger partial charge in [-0.2, -0.15) is 0 Å². The number of carbonyl (C=O) groups excluding carboxylic acids is 2. The van der Waals surface area contributed by atoms with Crippen molar-refractivity contribution in [1.29, 1.82) is 0 Å². The van der Waals surface area contributed by atoms with Crippen LogP contribution in [0.3, 0.4) is 0 Å². The Kier molecular flexibility index (Phi) is 6.27. The highest BCUT2D eigenvalue weighted by molar-refractivity contribution is 5.94. The molecule has 26 heavy (non-hydrogen) atoms. The summed E-state index contributed by atoms with van der Waals surface area (Å²) >= 11 is 0. The molecule has 1 unspecified atom stereocenters. The van der Waals surface area contributed by atoms with Crippen molar-refractivity contribution in [3.05, 3.63) is 29.3 Å². The quantitative estimate of drug-likeness (QED) is 0.694. The van der Waals surface area contributed by atoms with E-state index in [1.807, 2.05) is 17.0 Å². The van der Waals surface area contributed by atoms with E-state index in [0.29, 0.717) is 19.6 Å². The van der Waals surface area contributed by atoms with E-state index in [0.717, 1.165) is 50.4 Å². The predicted octanol–water partition coefficient (Wildman–Crippen LogP) is 1.76. The van der Waals surface area contributed by atoms with Gasteiger partial charge in [0.1, 0.15) is 0 Å². The minimum absolute atomic E-state index is 0.0731. The number of rotatable bonds is 7. The number of carbonyl (C=O) groups is 2. The zero-order valence-electron chi connectivity index (χ0n) is 15.7. The van der Waals surface area contributed by atoms with Crippen LogP contribution in [0.5, 0.6) is 0 Å². The van der Waals surface area contributed by atoms with Crippen molar-refractivity contribution in [1.82, 2.24) is 4.90 Å². The topological polar surface area (TPSA) is 59.1 Å². The molecule has 3 rings (SSSR count). The number of methoxy groups -OCH3 is 1. The molecule has 2 aliphatic rings. The Bertz CT molecular complexity index is 655. The van der Waals surface area contributed by atoms with Gasteiger partial charge in [-0.25, -0.2) is 0 Å². The number of morpholine rings is 1. The SMILES string of the molecule is COCCN1CC(Cc2cc(C(C)=O)ccc2N2CCOCC2)CC1=O. The molecular weight excluding hydrogens is 332 g/mol. The second kappa shape index (κ2) is 8.64. The highest BCUT2D eigenvalue weighted by Crippen LogP contribution is 2.29. The maximum Gasteiger partial charge on any atom is 0.223 e. The van der Waals surface area contributed by atoms with Gasteiger partial charge in [-0.1, -0.05) is 0 Å². The largest absolute Gasteiger partial charge is 0.383 e. The number of ketones is 1. The molecule has 0 aromatic heterocycles. The Morgan fingerprint density at radius 3 is 2.77 bits per heavy atom. The molecule has 1 aromatic carbocycles. The van der Waals surface area contributed by atoms with Gasteiger partial charge in [0.05, 0.1) is 19.8 Å². The Morgan fingerprint density at radius 2 is 2.08 bits per heavy atom. The highest BCUT2D eigenvalue weighted by Gasteiger charge is 2.30. The Hall–Kier alpha value is -1.92. The molecule has 0 N–H and O–H groups in total. The molecule has 2 saturated heterocycles. The van der Waals surface area contributed by atoms with Crippen LogP contribution < -0.4 is 4.90 Å². The first-order valence-electron chi connectivity index (χ1n) is 9.31. The average molecular weight is 360 g/mol. The molecule has 1 atom stereocenters. The third-order valence-corrected chi connectivity index (χ3v) is 5.21. The minimum atomic E-state index is 0.0731. The van der Waals surface area contributed by atoms with Gasteiger partial charge in [0, 0.05) is 51.0 Å². The fraction of sp³-hybridized carbons (Fsp3) is 0.600. The maximum absolute atomic E-state index is 12.2. The molecule has 2 fully saturated rings. The van der Waals surface area contributed by atoms with Crippen molar-refractivity contribution in [3.63, 3.8) is 0 Å². The summed E-state index contributed by atoms with van der Waals surface area (Å²) in [6, 6.07) is 5.97. The van der Waals surface area contributed by atoms with Crippen LogP contribution in [0.15, 0.2) is 18.2 Å². The molecule has 142 valence electrons. The first-order chi connectivity index (χ1) is 12.6. The summed E-state index contributed by atoms with van der Waals surface area (Å²) in [6.07, 6.45) is 1.37. The monoisotopic (exact) mass is 360 g/mol. The molecule has 0 spiro atoms. The first-order valence-corrected chi connectivity index (χ1v) is 9.31. The molecule has 6 nitrogen and oxygen atoms in total. The zero-order chi connectivity index (χ0) is 18.5. The maximum atomic E-state index is 12.2. The smallest absolute Gasteiger partial charge is 0.223 e. The van der Waals surface area contributed by atoms with Gasteiger partial charge in [0.15, 0.2) is 5.78 Å². The van der Waals surface area contributed by atoms with Crippen LogP contribution in [0.25, 0.3) is 0 Å². The fourth-order valence-corrected chi connectivity index (χ4v) is 3.80. The van der Waals surface area contributed by atoms with E-state index in [1.165, 1.54) is 5.69 Å². The van der Waals surface area contributed by atoms with Gasteiger partial charge < -0.3 is 19.3 Å². The second-order valence-electron chi connectivity index (χ2n) is 7.11. The lowest BCUT2D eigenvalue weighted by atomic mass is 9.94. The van der Waals surface area contributed by atoms with Gasteiger partial charge in [-0.15, -0.1) is 0 Å². The molecule has 1 amide bonds. The summed E-state index contributed by atoms with van der Waals surface area (Å²) in [5.74, 6) is 0.549. The Balaban J connectivity index is 1.77. The number of hydrogen-bond donors (Lipinski definition) is 0. The summed E-state index contributed by atoms with van der Waals surface area (Å²) in [5.41, 5.74) is 3.06. The number of likely N-dealkylation sites (tertiary alicyclic amines) is 1. The van der Waals surface area contributed by atoms with E-state index in [2.05, 4.69) is 11.0 Å². The summed E-state index contributed by atoms with van der Waals surface area (Å²) in [4.78, 5) is 28.3. The van der Waals surface area contributed by atoms with E-state index in [9.17, 15) is 9.59 Å². The van der Waals surface area contributed by atoms with Crippen LogP contribution >= 0.6 is 0 Å². The molecule has 0 bridgehead atoms. The normalized spacial score (nSPS) is 20.7. The van der Waals surface area contributed by atoms with Crippen molar-refractivity contribution in [2.75, 3.05) is 58.0 Å². The van der Waals surface area contributed by atoms with Crippen molar-refractivity contribution < 1.29 is 19.1 Å². The van der Waals surface area contributed by atoms with Crippen molar-refractivity contribution >= 4 is 17.4 Å². The molecule has 0 saturated carbocycles. The molecule has 2 heterocycles. The minimum Gasteiger partial charge on any atom is -0.383 e. The van der Waals surface area contributed by atoms with Crippen LogP contribution in [-0.2, 0) is 20.7 Å². The summed E-state index contributed by atoms with van der Waals surface area (Å²) in [5, 5.41) is 0. The second-order valence-corrected chi connectivity index (χ2v) is 7.11. The van der Waals surface area contributed by atoms with Gasteiger partial charge >= 0.3 is 0 Å². The third kappa shape index (κ3) is 4.43. The highest BCUT2D eigenvalue weighted by atomic mass is 16.5. The summed E-state index contributed by atoms with van der Waals surface area (Å²) in [6.45, 7) is 6.73. The molecule has 0 aliphatic carbocycles. The van der Waals surface area contributed by atoms with Gasteiger partial charge in [-0.05, 0) is 43.0 Å². The lowest BCUT2D eigenvalue weighted by Gasteiger charge is -2.31. The van der Waals surface area contributed by atoms with Crippen LogP contribution in [0.2, 0.25) is 0 Å². The van der Waals surface area contributed by atoms with Gasteiger partial charge in [-0.3, -0.25) is 9.59 Å². The molecule has 6 heteroatoms. The lowest BCUT2D eigenvalue weighted by Crippen LogP contribution is -2.37. The fourth-order valence-electron chi connectivity index (χ4n) is 3.80. The van der Waals surface area contributed by atoms with Crippen LogP contribution in [-0.4, -0.2) is 69.7 Å². The standard InChI is InChI=1S/C20H28N2O4/c1-15(23)17-3-4-19(21-6-9-26-10-7-21)18(13-17)11-16-12-20(24)22(14-16)5-8-25-2/h3-4,13,16H,5-12,14H2,1-2H3. The summed E-state index contributed by atoms with van der Waals surface area (Å²) < 4.78 is 10.6. The zero-order valence-corrected chi connectivity index (χ0v) is 15.7. The van der Waals surface area contributed by atoms with Crippen molar-refractivity contribution in [2.45, 2.75) is 19.8 Å². The molecule has 1 aromatic rings. The van der Waals surface area contributed by atoms with Gasteiger partial charge in [0.2, 0.25) is 5.91 Å². The van der Waals surface area contributed by atoms with Gasteiger partial charge in [0.25, 0.3) is 0 Å². The first kappa shape index (κ1) is 18.9. The average Bonchev–Trinajstić information content (AvgIpc) is 2.99. The van der Waals surface area contributed by atoms with Crippen LogP contribution in [0.1, 0.15) is 29.3 Å². The number of ether oxygens (including phenoxy) is 2. The lowest BCUT2D eigenvalue weighted by molar-refractivity contribution is -0.128. The predicted molar refractivity (Wildman–Crippen MR) is 99.7 cm³/mol. The third-order valence-electron chi connectivity index (χ3n) is 5.21. The molecular formula is C20H28N2O4. The number of Topliss-reactive ketones (excluding diaryl/α,β-unsaturated/α-hetero) is 1. The van der Waals surface area contributed by atoms with E-state index in [-0.39, 0.29) is 17.6 Å². The molecule has 2 aliphatic heterocycles. The van der Waals surface area contributed by atoms with E-state index in [4.69, 9.17) is 9.47 Å². The van der Waals surface area contributed by atoms with E-state index in [1.54, 1.807) is 14.0 Å². The molecule has 0 radical (unpaired) electrons.